The fourth-order valence-electron chi connectivity index (χ4n) is 3.28. The number of likely N-dealkylation sites (tertiary alicyclic amines) is 1. The Kier molecular flexibility index (Phi) is 4.79. The quantitative estimate of drug-likeness (QED) is 0.814. The molecular formula is C16H24N2O4S. The molecule has 1 saturated heterocycles. The Labute approximate surface area is 138 Å². The average Bonchev–Trinajstić information content (AvgIpc) is 3.01. The standard InChI is InChI=1S/C16H24N2O4S/c1-3-18-8-4-5-13(18)12-17(2)23(19,20)14-6-7-15-16(11-14)22-10-9-21-15/h6-7,11,13H,3-5,8-10,12H2,1-2H3. The van der Waals surface area contributed by atoms with E-state index in [9.17, 15) is 8.42 Å². The molecule has 6 nitrogen and oxygen atoms in total. The molecule has 1 aromatic rings. The van der Waals surface area contributed by atoms with Crippen molar-refractivity contribution in [2.75, 3.05) is 39.9 Å². The molecule has 2 aliphatic rings. The third kappa shape index (κ3) is 3.32. The van der Waals surface area contributed by atoms with E-state index >= 15 is 0 Å². The Morgan fingerprint density at radius 2 is 2.00 bits per heavy atom. The van der Waals surface area contributed by atoms with Crippen LogP contribution >= 0.6 is 0 Å². The predicted molar refractivity (Wildman–Crippen MR) is 87.5 cm³/mol. The fraction of sp³-hybridized carbons (Fsp3) is 0.625. The molecule has 1 unspecified atom stereocenters. The highest BCUT2D eigenvalue weighted by molar-refractivity contribution is 7.89. The van der Waals surface area contributed by atoms with Crippen molar-refractivity contribution in [2.45, 2.75) is 30.7 Å². The van der Waals surface area contributed by atoms with Gasteiger partial charge in [-0.05, 0) is 38.1 Å². The van der Waals surface area contributed by atoms with Crippen LogP contribution in [0.5, 0.6) is 11.5 Å². The lowest BCUT2D eigenvalue weighted by atomic mass is 10.2. The van der Waals surface area contributed by atoms with E-state index in [-0.39, 0.29) is 4.90 Å². The molecule has 0 aliphatic carbocycles. The molecule has 23 heavy (non-hydrogen) atoms. The Balaban J connectivity index is 1.77. The minimum absolute atomic E-state index is 0.255. The van der Waals surface area contributed by atoms with E-state index in [4.69, 9.17) is 9.47 Å². The largest absolute Gasteiger partial charge is 0.486 e. The Bertz CT molecular complexity index is 662. The van der Waals surface area contributed by atoms with Crippen LogP contribution in [-0.2, 0) is 10.0 Å². The molecule has 1 fully saturated rings. The number of benzene rings is 1. The number of hydrogen-bond donors (Lipinski definition) is 0. The summed E-state index contributed by atoms with van der Waals surface area (Å²) in [4.78, 5) is 2.60. The van der Waals surface area contributed by atoms with E-state index in [1.54, 1.807) is 25.2 Å². The molecule has 7 heteroatoms. The molecule has 2 aliphatic heterocycles. The molecule has 128 valence electrons. The van der Waals surface area contributed by atoms with E-state index < -0.39 is 10.0 Å². The summed E-state index contributed by atoms with van der Waals surface area (Å²) in [5.41, 5.74) is 0. The molecule has 0 radical (unpaired) electrons. The number of fused-ring (bicyclic) bond motifs is 1. The van der Waals surface area contributed by atoms with Crippen LogP contribution in [0.25, 0.3) is 0 Å². The highest BCUT2D eigenvalue weighted by Gasteiger charge is 2.30. The molecule has 0 bridgehead atoms. The van der Waals surface area contributed by atoms with Gasteiger partial charge in [-0.3, -0.25) is 4.90 Å². The van der Waals surface area contributed by atoms with Crippen molar-refractivity contribution in [3.63, 3.8) is 0 Å². The summed E-state index contributed by atoms with van der Waals surface area (Å²) in [5, 5.41) is 0. The van der Waals surface area contributed by atoms with Crippen molar-refractivity contribution in [2.24, 2.45) is 0 Å². The van der Waals surface area contributed by atoms with Crippen LogP contribution in [0, 0.1) is 0 Å². The maximum atomic E-state index is 12.8. The Morgan fingerprint density at radius 1 is 1.26 bits per heavy atom. The molecular weight excluding hydrogens is 316 g/mol. The van der Waals surface area contributed by atoms with E-state index in [0.717, 1.165) is 25.9 Å². The van der Waals surface area contributed by atoms with Crippen LogP contribution in [0.4, 0.5) is 0 Å². The van der Waals surface area contributed by atoms with Gasteiger partial charge in [0.05, 0.1) is 4.90 Å². The van der Waals surface area contributed by atoms with Gasteiger partial charge in [0.25, 0.3) is 0 Å². The third-order valence-electron chi connectivity index (χ3n) is 4.59. The van der Waals surface area contributed by atoms with E-state index in [2.05, 4.69) is 11.8 Å². The molecule has 1 atom stereocenters. The summed E-state index contributed by atoms with van der Waals surface area (Å²) in [6.07, 6.45) is 2.19. The zero-order valence-electron chi connectivity index (χ0n) is 13.7. The minimum Gasteiger partial charge on any atom is -0.486 e. The average molecular weight is 340 g/mol. The van der Waals surface area contributed by atoms with Crippen LogP contribution in [0.2, 0.25) is 0 Å². The molecule has 0 amide bonds. The van der Waals surface area contributed by atoms with Gasteiger partial charge in [0.15, 0.2) is 11.5 Å². The normalized spacial score (nSPS) is 21.8. The van der Waals surface area contributed by atoms with Crippen molar-refractivity contribution in [1.82, 2.24) is 9.21 Å². The second-order valence-electron chi connectivity index (χ2n) is 6.02. The van der Waals surface area contributed by atoms with Crippen molar-refractivity contribution in [1.29, 1.82) is 0 Å². The van der Waals surface area contributed by atoms with Gasteiger partial charge in [-0.25, -0.2) is 8.42 Å². The zero-order valence-corrected chi connectivity index (χ0v) is 14.5. The fourth-order valence-corrected chi connectivity index (χ4v) is 4.50. The smallest absolute Gasteiger partial charge is 0.243 e. The number of hydrogen-bond acceptors (Lipinski definition) is 5. The molecule has 0 N–H and O–H groups in total. The lowest BCUT2D eigenvalue weighted by Gasteiger charge is -2.27. The van der Waals surface area contributed by atoms with Crippen LogP contribution in [0.1, 0.15) is 19.8 Å². The number of sulfonamides is 1. The first kappa shape index (κ1) is 16.5. The molecule has 0 spiro atoms. The van der Waals surface area contributed by atoms with Gasteiger partial charge in [-0.1, -0.05) is 6.92 Å². The van der Waals surface area contributed by atoms with Crippen molar-refractivity contribution in [3.05, 3.63) is 18.2 Å². The molecule has 0 saturated carbocycles. The van der Waals surface area contributed by atoms with Crippen molar-refractivity contribution in [3.8, 4) is 11.5 Å². The first-order valence-electron chi connectivity index (χ1n) is 8.12. The van der Waals surface area contributed by atoms with Crippen LogP contribution < -0.4 is 9.47 Å². The maximum Gasteiger partial charge on any atom is 0.243 e. The topological polar surface area (TPSA) is 59.1 Å². The number of ether oxygens (including phenoxy) is 2. The summed E-state index contributed by atoms with van der Waals surface area (Å²) in [6.45, 7) is 5.59. The highest BCUT2D eigenvalue weighted by atomic mass is 32.2. The first-order chi connectivity index (χ1) is 11.0. The van der Waals surface area contributed by atoms with Crippen molar-refractivity contribution < 1.29 is 17.9 Å². The molecule has 0 aromatic heterocycles. The Hall–Kier alpha value is -1.31. The second kappa shape index (κ2) is 6.67. The van der Waals surface area contributed by atoms with Gasteiger partial charge in [0.1, 0.15) is 13.2 Å². The summed E-state index contributed by atoms with van der Waals surface area (Å²) in [7, 11) is -1.87. The first-order valence-corrected chi connectivity index (χ1v) is 9.56. The van der Waals surface area contributed by atoms with Gasteiger partial charge in [0.2, 0.25) is 10.0 Å². The number of likely N-dealkylation sites (N-methyl/N-ethyl adjacent to an activating group) is 2. The maximum absolute atomic E-state index is 12.8. The van der Waals surface area contributed by atoms with Crippen LogP contribution in [-0.4, -0.2) is 63.6 Å². The van der Waals surface area contributed by atoms with E-state index in [1.807, 2.05) is 0 Å². The molecule has 1 aromatic carbocycles. The summed E-state index contributed by atoms with van der Waals surface area (Å²) in [6, 6.07) is 5.12. The summed E-state index contributed by atoms with van der Waals surface area (Å²) in [5.74, 6) is 1.10. The molecule has 2 heterocycles. The van der Waals surface area contributed by atoms with Gasteiger partial charge < -0.3 is 9.47 Å². The van der Waals surface area contributed by atoms with Gasteiger partial charge in [-0.2, -0.15) is 4.31 Å². The highest BCUT2D eigenvalue weighted by Crippen LogP contribution is 2.33. The number of nitrogens with zero attached hydrogens (tertiary/aromatic N) is 2. The van der Waals surface area contributed by atoms with Crippen LogP contribution in [0.3, 0.4) is 0 Å². The number of rotatable bonds is 5. The lowest BCUT2D eigenvalue weighted by molar-refractivity contribution is 0.171. The summed E-state index contributed by atoms with van der Waals surface area (Å²) < 4.78 is 38.0. The van der Waals surface area contributed by atoms with E-state index in [0.29, 0.717) is 37.3 Å². The van der Waals surface area contributed by atoms with E-state index in [1.165, 1.54) is 4.31 Å². The van der Waals surface area contributed by atoms with Gasteiger partial charge in [0, 0.05) is 25.7 Å². The summed E-state index contributed by atoms with van der Waals surface area (Å²) >= 11 is 0. The SMILES string of the molecule is CCN1CCCC1CN(C)S(=O)(=O)c1ccc2c(c1)OCCO2. The zero-order chi connectivity index (χ0) is 16.4. The monoisotopic (exact) mass is 340 g/mol. The lowest BCUT2D eigenvalue weighted by Crippen LogP contribution is -2.41. The van der Waals surface area contributed by atoms with Gasteiger partial charge in [-0.15, -0.1) is 0 Å². The molecule has 3 rings (SSSR count). The Morgan fingerprint density at radius 3 is 2.74 bits per heavy atom. The second-order valence-corrected chi connectivity index (χ2v) is 8.06. The van der Waals surface area contributed by atoms with Crippen molar-refractivity contribution >= 4 is 10.0 Å². The predicted octanol–water partition coefficient (Wildman–Crippen LogP) is 1.56. The van der Waals surface area contributed by atoms with Crippen LogP contribution in [0.15, 0.2) is 23.1 Å². The van der Waals surface area contributed by atoms with Gasteiger partial charge >= 0.3 is 0 Å². The third-order valence-corrected chi connectivity index (χ3v) is 6.41. The minimum atomic E-state index is -3.52.